The molecule has 9 heteroatoms. The van der Waals surface area contributed by atoms with Crippen LogP contribution in [0, 0.1) is 0 Å². The second-order valence-electron chi connectivity index (χ2n) is 5.44. The van der Waals surface area contributed by atoms with Crippen molar-refractivity contribution in [1.29, 1.82) is 0 Å². The average molecular weight is 366 g/mol. The van der Waals surface area contributed by atoms with Crippen molar-refractivity contribution >= 4 is 36.3 Å². The van der Waals surface area contributed by atoms with E-state index in [1.54, 1.807) is 24.3 Å². The number of carbonyl (C=O) groups is 4. The highest BCUT2D eigenvalue weighted by molar-refractivity contribution is 7.81. The first-order chi connectivity index (χ1) is 11.8. The molecule has 1 aromatic rings. The minimum atomic E-state index is -1.01. The van der Waals surface area contributed by atoms with Gasteiger partial charge < -0.3 is 22.1 Å². The zero-order valence-electron chi connectivity index (χ0n) is 13.6. The van der Waals surface area contributed by atoms with Gasteiger partial charge in [0.25, 0.3) is 0 Å². The smallest absolute Gasteiger partial charge is 0.243 e. The Kier molecular flexibility index (Phi) is 8.48. The molecule has 0 aliphatic rings. The van der Waals surface area contributed by atoms with E-state index in [4.69, 9.17) is 11.5 Å². The van der Waals surface area contributed by atoms with Crippen LogP contribution in [0.4, 0.5) is 0 Å². The predicted octanol–water partition coefficient (Wildman–Crippen LogP) is -1.12. The Morgan fingerprint density at radius 2 is 1.64 bits per heavy atom. The third kappa shape index (κ3) is 7.71. The molecular formula is C16H22N4O4S. The third-order valence-electron chi connectivity index (χ3n) is 3.42. The number of amides is 4. The van der Waals surface area contributed by atoms with E-state index >= 15 is 0 Å². The molecule has 0 aliphatic heterocycles. The lowest BCUT2D eigenvalue weighted by atomic mass is 10.0. The maximum Gasteiger partial charge on any atom is 0.243 e. The molecule has 4 amide bonds. The van der Waals surface area contributed by atoms with Gasteiger partial charge in [0.2, 0.25) is 23.6 Å². The summed E-state index contributed by atoms with van der Waals surface area (Å²) in [5, 5.41) is 4.96. The van der Waals surface area contributed by atoms with Crippen LogP contribution in [-0.4, -0.2) is 41.5 Å². The summed E-state index contributed by atoms with van der Waals surface area (Å²) in [7, 11) is 0. The zero-order chi connectivity index (χ0) is 18.8. The standard InChI is InChI=1S/C16H22N4O4S/c17-13(21)7-6-11(19-14(22)9-25)16(24)20-12(15(18)23)8-10-4-2-1-3-5-10/h1-5,11-12,25H,6-9H2,(H2,17,21)(H2,18,23)(H,19,22)(H,20,24)/t11-,12-/m0/s1. The lowest BCUT2D eigenvalue weighted by molar-refractivity contribution is -0.131. The number of carbonyl (C=O) groups excluding carboxylic acids is 4. The van der Waals surface area contributed by atoms with Gasteiger partial charge in [-0.15, -0.1) is 0 Å². The van der Waals surface area contributed by atoms with Crippen molar-refractivity contribution < 1.29 is 19.2 Å². The first-order valence-electron chi connectivity index (χ1n) is 7.65. The molecule has 0 fully saturated rings. The molecule has 0 aliphatic carbocycles. The molecule has 2 atom stereocenters. The molecule has 1 rings (SSSR count). The van der Waals surface area contributed by atoms with Crippen LogP contribution in [0.3, 0.4) is 0 Å². The van der Waals surface area contributed by atoms with Crippen molar-refractivity contribution in [3.8, 4) is 0 Å². The molecule has 8 nitrogen and oxygen atoms in total. The molecule has 1 aromatic carbocycles. The Hall–Kier alpha value is -2.55. The van der Waals surface area contributed by atoms with Gasteiger partial charge in [-0.25, -0.2) is 0 Å². The van der Waals surface area contributed by atoms with Crippen molar-refractivity contribution in [2.24, 2.45) is 11.5 Å². The fraction of sp³-hybridized carbons (Fsp3) is 0.375. The Morgan fingerprint density at radius 1 is 1.00 bits per heavy atom. The first-order valence-corrected chi connectivity index (χ1v) is 8.29. The van der Waals surface area contributed by atoms with Crippen molar-refractivity contribution in [3.05, 3.63) is 35.9 Å². The van der Waals surface area contributed by atoms with Crippen LogP contribution in [0.1, 0.15) is 18.4 Å². The van der Waals surface area contributed by atoms with Crippen molar-refractivity contribution in [2.75, 3.05) is 5.75 Å². The quantitative estimate of drug-likeness (QED) is 0.334. The van der Waals surface area contributed by atoms with Crippen LogP contribution in [0.2, 0.25) is 0 Å². The number of nitrogens with one attached hydrogen (secondary N) is 2. The van der Waals surface area contributed by atoms with Gasteiger partial charge in [-0.05, 0) is 12.0 Å². The summed E-state index contributed by atoms with van der Waals surface area (Å²) in [6.07, 6.45) is 0.132. The summed E-state index contributed by atoms with van der Waals surface area (Å²) in [4.78, 5) is 46.5. The Bertz CT molecular complexity index is 624. The van der Waals surface area contributed by atoms with E-state index in [-0.39, 0.29) is 25.0 Å². The van der Waals surface area contributed by atoms with E-state index in [2.05, 4.69) is 23.3 Å². The Morgan fingerprint density at radius 3 is 2.16 bits per heavy atom. The first kappa shape index (κ1) is 20.5. The van der Waals surface area contributed by atoms with E-state index in [9.17, 15) is 19.2 Å². The van der Waals surface area contributed by atoms with E-state index < -0.39 is 35.7 Å². The summed E-state index contributed by atoms with van der Waals surface area (Å²) < 4.78 is 0. The molecule has 0 bridgehead atoms. The van der Waals surface area contributed by atoms with Crippen molar-refractivity contribution in [3.63, 3.8) is 0 Å². The second kappa shape index (κ2) is 10.3. The molecule has 0 saturated heterocycles. The van der Waals surface area contributed by atoms with Gasteiger partial charge in [-0.3, -0.25) is 19.2 Å². The fourth-order valence-electron chi connectivity index (χ4n) is 2.14. The second-order valence-corrected chi connectivity index (χ2v) is 5.75. The number of thiol groups is 1. The van der Waals surface area contributed by atoms with Crippen LogP contribution in [-0.2, 0) is 25.6 Å². The Balaban J connectivity index is 2.79. The summed E-state index contributed by atoms with van der Waals surface area (Å²) >= 11 is 3.83. The van der Waals surface area contributed by atoms with Crippen molar-refractivity contribution in [1.82, 2.24) is 10.6 Å². The lowest BCUT2D eigenvalue weighted by Gasteiger charge is -2.21. The zero-order valence-corrected chi connectivity index (χ0v) is 14.5. The summed E-state index contributed by atoms with van der Waals surface area (Å²) in [5.41, 5.74) is 11.3. The van der Waals surface area contributed by atoms with Gasteiger partial charge in [0.05, 0.1) is 5.75 Å². The lowest BCUT2D eigenvalue weighted by Crippen LogP contribution is -2.54. The number of benzene rings is 1. The van der Waals surface area contributed by atoms with Gasteiger partial charge in [-0.2, -0.15) is 12.6 Å². The topological polar surface area (TPSA) is 144 Å². The number of hydrogen-bond acceptors (Lipinski definition) is 5. The normalized spacial score (nSPS) is 12.7. The minimum absolute atomic E-state index is 0.0114. The molecule has 0 heterocycles. The fourth-order valence-corrected chi connectivity index (χ4v) is 2.23. The van der Waals surface area contributed by atoms with Crippen LogP contribution in [0.15, 0.2) is 30.3 Å². The van der Waals surface area contributed by atoms with Crippen LogP contribution in [0.25, 0.3) is 0 Å². The highest BCUT2D eigenvalue weighted by Crippen LogP contribution is 2.05. The molecule has 0 radical (unpaired) electrons. The predicted molar refractivity (Wildman–Crippen MR) is 95.5 cm³/mol. The van der Waals surface area contributed by atoms with Crippen LogP contribution in [0.5, 0.6) is 0 Å². The monoisotopic (exact) mass is 366 g/mol. The van der Waals surface area contributed by atoms with E-state index in [1.165, 1.54) is 0 Å². The maximum atomic E-state index is 12.4. The largest absolute Gasteiger partial charge is 0.370 e. The van der Waals surface area contributed by atoms with Crippen molar-refractivity contribution in [2.45, 2.75) is 31.3 Å². The number of primary amides is 2. The van der Waals surface area contributed by atoms with E-state index in [0.29, 0.717) is 0 Å². The highest BCUT2D eigenvalue weighted by Gasteiger charge is 2.25. The van der Waals surface area contributed by atoms with Gasteiger partial charge in [0.1, 0.15) is 12.1 Å². The van der Waals surface area contributed by atoms with Crippen LogP contribution < -0.4 is 22.1 Å². The SMILES string of the molecule is NC(=O)CC[C@H](NC(=O)CS)C(=O)N[C@@H](Cc1ccccc1)C(N)=O. The molecule has 0 spiro atoms. The molecular weight excluding hydrogens is 344 g/mol. The molecule has 25 heavy (non-hydrogen) atoms. The van der Waals surface area contributed by atoms with Crippen LogP contribution >= 0.6 is 12.6 Å². The summed E-state index contributed by atoms with van der Waals surface area (Å²) in [5.74, 6) is -2.52. The minimum Gasteiger partial charge on any atom is -0.370 e. The van der Waals surface area contributed by atoms with Gasteiger partial charge >= 0.3 is 0 Å². The molecule has 6 N–H and O–H groups in total. The van der Waals surface area contributed by atoms with Gasteiger partial charge in [0, 0.05) is 12.8 Å². The van der Waals surface area contributed by atoms with Gasteiger partial charge in [-0.1, -0.05) is 30.3 Å². The molecule has 0 aromatic heterocycles. The van der Waals surface area contributed by atoms with E-state index in [0.717, 1.165) is 5.56 Å². The molecule has 0 saturated carbocycles. The maximum absolute atomic E-state index is 12.4. The average Bonchev–Trinajstić information content (AvgIpc) is 2.58. The third-order valence-corrected chi connectivity index (χ3v) is 3.70. The molecule has 0 unspecified atom stereocenters. The highest BCUT2D eigenvalue weighted by atomic mass is 32.1. The summed E-state index contributed by atoms with van der Waals surface area (Å²) in [6, 6.07) is 7.08. The number of hydrogen-bond donors (Lipinski definition) is 5. The number of nitrogens with two attached hydrogens (primary N) is 2. The molecule has 136 valence electrons. The Labute approximate surface area is 151 Å². The number of rotatable bonds is 10. The summed E-state index contributed by atoms with van der Waals surface area (Å²) in [6.45, 7) is 0. The van der Waals surface area contributed by atoms with E-state index in [1.807, 2.05) is 6.07 Å². The van der Waals surface area contributed by atoms with Gasteiger partial charge in [0.15, 0.2) is 0 Å².